The molecule has 3 N–H and O–H groups in total. The largest absolute Gasteiger partial charge is 0.409 e. The summed E-state index contributed by atoms with van der Waals surface area (Å²) in [6.07, 6.45) is 5.45. The van der Waals surface area contributed by atoms with Crippen LogP contribution in [0.5, 0.6) is 0 Å². The van der Waals surface area contributed by atoms with E-state index in [0.717, 1.165) is 18.7 Å². The second kappa shape index (κ2) is 5.03. The standard InChI is InChI=1S/C12H18N4O/c1-2-7-16(9-3-4-9)10-5-6-11(14-8-10)12(13)15-17/h5-6,8-9,17H,2-4,7H2,1H3,(H2,13,15). The third kappa shape index (κ3) is 2.67. The first-order valence-corrected chi connectivity index (χ1v) is 5.97. The summed E-state index contributed by atoms with van der Waals surface area (Å²) in [5, 5.41) is 11.5. The van der Waals surface area contributed by atoms with E-state index in [2.05, 4.69) is 22.0 Å². The average molecular weight is 234 g/mol. The molecule has 0 aliphatic heterocycles. The Morgan fingerprint density at radius 2 is 2.35 bits per heavy atom. The van der Waals surface area contributed by atoms with Crippen LogP contribution < -0.4 is 10.6 Å². The Morgan fingerprint density at radius 3 is 2.82 bits per heavy atom. The molecule has 0 atom stereocenters. The monoisotopic (exact) mass is 234 g/mol. The number of anilines is 1. The number of hydrogen-bond donors (Lipinski definition) is 2. The second-order valence-corrected chi connectivity index (χ2v) is 4.31. The first-order valence-electron chi connectivity index (χ1n) is 5.97. The Kier molecular flexibility index (Phi) is 3.46. The zero-order valence-corrected chi connectivity index (χ0v) is 10.0. The molecule has 17 heavy (non-hydrogen) atoms. The molecule has 0 saturated heterocycles. The maximum atomic E-state index is 8.56. The molecule has 0 bridgehead atoms. The molecule has 0 amide bonds. The van der Waals surface area contributed by atoms with Crippen molar-refractivity contribution < 1.29 is 5.21 Å². The van der Waals surface area contributed by atoms with Crippen molar-refractivity contribution in [1.29, 1.82) is 0 Å². The Bertz CT molecular complexity index is 397. The van der Waals surface area contributed by atoms with Crippen molar-refractivity contribution in [3.05, 3.63) is 24.0 Å². The molecule has 1 aliphatic carbocycles. The summed E-state index contributed by atoms with van der Waals surface area (Å²) in [4.78, 5) is 6.58. The van der Waals surface area contributed by atoms with Crippen molar-refractivity contribution in [3.63, 3.8) is 0 Å². The fourth-order valence-electron chi connectivity index (χ4n) is 1.91. The lowest BCUT2D eigenvalue weighted by Crippen LogP contribution is -2.26. The van der Waals surface area contributed by atoms with Crippen LogP contribution in [0.3, 0.4) is 0 Å². The van der Waals surface area contributed by atoms with E-state index in [1.165, 1.54) is 12.8 Å². The van der Waals surface area contributed by atoms with Crippen LogP contribution in [0.15, 0.2) is 23.5 Å². The number of hydrogen-bond acceptors (Lipinski definition) is 4. The lowest BCUT2D eigenvalue weighted by molar-refractivity contribution is 0.318. The highest BCUT2D eigenvalue weighted by atomic mass is 16.4. The van der Waals surface area contributed by atoms with Crippen molar-refractivity contribution >= 4 is 11.5 Å². The van der Waals surface area contributed by atoms with Gasteiger partial charge < -0.3 is 15.8 Å². The predicted molar refractivity (Wildman–Crippen MR) is 67.4 cm³/mol. The second-order valence-electron chi connectivity index (χ2n) is 4.31. The maximum absolute atomic E-state index is 8.56. The van der Waals surface area contributed by atoms with Gasteiger partial charge in [0.15, 0.2) is 5.84 Å². The number of nitrogens with zero attached hydrogens (tertiary/aromatic N) is 3. The van der Waals surface area contributed by atoms with E-state index in [4.69, 9.17) is 10.9 Å². The quantitative estimate of drug-likeness (QED) is 0.351. The molecule has 1 aromatic rings. The maximum Gasteiger partial charge on any atom is 0.188 e. The molecule has 1 fully saturated rings. The van der Waals surface area contributed by atoms with Crippen molar-refractivity contribution in [2.75, 3.05) is 11.4 Å². The van der Waals surface area contributed by atoms with E-state index in [0.29, 0.717) is 11.7 Å². The highest BCUT2D eigenvalue weighted by Gasteiger charge is 2.28. The molecule has 0 radical (unpaired) electrons. The highest BCUT2D eigenvalue weighted by Crippen LogP contribution is 2.31. The zero-order valence-electron chi connectivity index (χ0n) is 10.0. The topological polar surface area (TPSA) is 74.7 Å². The van der Waals surface area contributed by atoms with Gasteiger partial charge in [0.2, 0.25) is 0 Å². The van der Waals surface area contributed by atoms with Gasteiger partial charge >= 0.3 is 0 Å². The van der Waals surface area contributed by atoms with Crippen molar-refractivity contribution in [2.24, 2.45) is 10.9 Å². The van der Waals surface area contributed by atoms with Gasteiger partial charge in [-0.05, 0) is 31.4 Å². The molecule has 0 aromatic carbocycles. The summed E-state index contributed by atoms with van der Waals surface area (Å²) in [6.45, 7) is 3.23. The number of rotatable bonds is 5. The first-order chi connectivity index (χ1) is 8.26. The van der Waals surface area contributed by atoms with E-state index in [1.54, 1.807) is 12.3 Å². The van der Waals surface area contributed by atoms with Crippen LogP contribution >= 0.6 is 0 Å². The molecule has 1 aliphatic rings. The van der Waals surface area contributed by atoms with Crippen LogP contribution in [0.2, 0.25) is 0 Å². The molecule has 5 nitrogen and oxygen atoms in total. The third-order valence-electron chi connectivity index (χ3n) is 2.90. The van der Waals surface area contributed by atoms with Crippen LogP contribution in [-0.2, 0) is 0 Å². The third-order valence-corrected chi connectivity index (χ3v) is 2.90. The number of aromatic nitrogens is 1. The van der Waals surface area contributed by atoms with Crippen LogP contribution in [-0.4, -0.2) is 28.6 Å². The number of oxime groups is 1. The highest BCUT2D eigenvalue weighted by molar-refractivity contribution is 5.95. The summed E-state index contributed by atoms with van der Waals surface area (Å²) >= 11 is 0. The predicted octanol–water partition coefficient (Wildman–Crippen LogP) is 1.55. The van der Waals surface area contributed by atoms with Gasteiger partial charge in [-0.15, -0.1) is 0 Å². The summed E-state index contributed by atoms with van der Waals surface area (Å²) < 4.78 is 0. The molecule has 1 aromatic heterocycles. The lowest BCUT2D eigenvalue weighted by Gasteiger charge is -2.23. The summed E-state index contributed by atoms with van der Waals surface area (Å²) in [5.74, 6) is 0.0463. The van der Waals surface area contributed by atoms with Gasteiger partial charge in [0.1, 0.15) is 5.69 Å². The molecule has 0 unspecified atom stereocenters. The van der Waals surface area contributed by atoms with E-state index < -0.39 is 0 Å². The molecule has 1 heterocycles. The number of pyridine rings is 1. The normalized spacial score (nSPS) is 15.9. The molecular formula is C12H18N4O. The fraction of sp³-hybridized carbons (Fsp3) is 0.500. The number of amidine groups is 1. The Morgan fingerprint density at radius 1 is 1.59 bits per heavy atom. The molecule has 1 saturated carbocycles. The van der Waals surface area contributed by atoms with E-state index in [1.807, 2.05) is 6.07 Å². The van der Waals surface area contributed by atoms with Gasteiger partial charge in [-0.2, -0.15) is 0 Å². The Labute approximate surface area is 101 Å². The first kappa shape index (κ1) is 11.7. The average Bonchev–Trinajstić information content (AvgIpc) is 3.19. The van der Waals surface area contributed by atoms with Crippen molar-refractivity contribution in [2.45, 2.75) is 32.2 Å². The van der Waals surface area contributed by atoms with Crippen LogP contribution in [0, 0.1) is 0 Å². The summed E-state index contributed by atoms with van der Waals surface area (Å²) in [5.41, 5.74) is 7.09. The minimum absolute atomic E-state index is 0.0463. The fourth-order valence-corrected chi connectivity index (χ4v) is 1.91. The summed E-state index contributed by atoms with van der Waals surface area (Å²) in [7, 11) is 0. The van der Waals surface area contributed by atoms with Crippen LogP contribution in [0.25, 0.3) is 0 Å². The van der Waals surface area contributed by atoms with Gasteiger partial charge in [0, 0.05) is 12.6 Å². The molecule has 0 spiro atoms. The minimum atomic E-state index is 0.0463. The SMILES string of the molecule is CCCN(c1ccc(/C(N)=N/O)nc1)C1CC1. The van der Waals surface area contributed by atoms with Crippen LogP contribution in [0.4, 0.5) is 5.69 Å². The van der Waals surface area contributed by atoms with Gasteiger partial charge in [0.25, 0.3) is 0 Å². The van der Waals surface area contributed by atoms with E-state index in [-0.39, 0.29) is 5.84 Å². The zero-order chi connectivity index (χ0) is 12.3. The van der Waals surface area contributed by atoms with E-state index >= 15 is 0 Å². The number of nitrogens with two attached hydrogens (primary N) is 1. The van der Waals surface area contributed by atoms with E-state index in [9.17, 15) is 0 Å². The van der Waals surface area contributed by atoms with Gasteiger partial charge in [0.05, 0.1) is 11.9 Å². The molecule has 5 heteroatoms. The molecule has 92 valence electrons. The Balaban J connectivity index is 2.15. The molecule has 2 rings (SSSR count). The summed E-state index contributed by atoms with van der Waals surface area (Å²) in [6, 6.07) is 4.44. The van der Waals surface area contributed by atoms with Crippen molar-refractivity contribution in [1.82, 2.24) is 4.98 Å². The molecular weight excluding hydrogens is 216 g/mol. The van der Waals surface area contributed by atoms with Crippen LogP contribution in [0.1, 0.15) is 31.9 Å². The smallest absolute Gasteiger partial charge is 0.188 e. The lowest BCUT2D eigenvalue weighted by atomic mass is 10.2. The van der Waals surface area contributed by atoms with Crippen molar-refractivity contribution in [3.8, 4) is 0 Å². The minimum Gasteiger partial charge on any atom is -0.409 e. The van der Waals surface area contributed by atoms with Gasteiger partial charge in [-0.1, -0.05) is 12.1 Å². The van der Waals surface area contributed by atoms with Gasteiger partial charge in [-0.25, -0.2) is 0 Å². The Hall–Kier alpha value is -1.78. The van der Waals surface area contributed by atoms with Gasteiger partial charge in [-0.3, -0.25) is 4.98 Å².